The fraction of sp³-hybridized carbons (Fsp3) is 0.333. The van der Waals surface area contributed by atoms with Gasteiger partial charge in [0.2, 0.25) is 0 Å². The lowest BCUT2D eigenvalue weighted by atomic mass is 10.4. The predicted molar refractivity (Wildman–Crippen MR) is 72.3 cm³/mol. The van der Waals surface area contributed by atoms with E-state index in [4.69, 9.17) is 9.05 Å². The summed E-state index contributed by atoms with van der Waals surface area (Å²) >= 11 is 1.49. The van der Waals surface area contributed by atoms with Crippen LogP contribution in [0, 0.1) is 0 Å². The molecule has 0 spiro atoms. The van der Waals surface area contributed by atoms with E-state index in [1.54, 1.807) is 19.3 Å². The fourth-order valence-corrected chi connectivity index (χ4v) is 3.44. The molecule has 3 nitrogen and oxygen atoms in total. The van der Waals surface area contributed by atoms with Gasteiger partial charge in [-0.3, -0.25) is 4.57 Å². The molecule has 0 aliphatic heterocycles. The Morgan fingerprint density at radius 1 is 1.18 bits per heavy atom. The molecule has 0 fully saturated rings. The van der Waals surface area contributed by atoms with Crippen molar-refractivity contribution in [2.75, 3.05) is 13.2 Å². The Morgan fingerprint density at radius 3 is 2.29 bits per heavy atom. The van der Waals surface area contributed by atoms with Gasteiger partial charge in [-0.05, 0) is 31.4 Å². The largest absolute Gasteiger partial charge is 0.354 e. The molecule has 1 rings (SSSR count). The molecule has 5 heteroatoms. The lowest BCUT2D eigenvalue weighted by molar-refractivity contribution is 0.229. The van der Waals surface area contributed by atoms with Gasteiger partial charge >= 0.3 is 7.60 Å². The zero-order valence-corrected chi connectivity index (χ0v) is 11.7. The van der Waals surface area contributed by atoms with E-state index in [9.17, 15) is 4.57 Å². The molecule has 0 amide bonds. The van der Waals surface area contributed by atoms with Crippen molar-refractivity contribution in [3.05, 3.63) is 41.6 Å². The Bertz CT molecular complexity index is 382. The van der Waals surface area contributed by atoms with Crippen LogP contribution in [0.25, 0.3) is 0 Å². The molecule has 94 valence electrons. The monoisotopic (exact) mass is 272 g/mol. The minimum Gasteiger partial charge on any atom is -0.306 e. The van der Waals surface area contributed by atoms with Gasteiger partial charge in [0.25, 0.3) is 0 Å². The van der Waals surface area contributed by atoms with Gasteiger partial charge in [0.1, 0.15) is 0 Å². The van der Waals surface area contributed by atoms with Crippen molar-refractivity contribution < 1.29 is 13.6 Å². The van der Waals surface area contributed by atoms with Crippen molar-refractivity contribution in [1.29, 1.82) is 0 Å². The highest BCUT2D eigenvalue weighted by Gasteiger charge is 2.18. The quantitative estimate of drug-likeness (QED) is 0.540. The minimum atomic E-state index is -3.06. The topological polar surface area (TPSA) is 35.5 Å². The lowest BCUT2D eigenvalue weighted by Gasteiger charge is -2.12. The molecule has 1 aromatic rings. The van der Waals surface area contributed by atoms with Crippen LogP contribution in [0.2, 0.25) is 0 Å². The molecule has 0 saturated carbocycles. The van der Waals surface area contributed by atoms with E-state index >= 15 is 0 Å². The van der Waals surface area contributed by atoms with Gasteiger partial charge in [-0.25, -0.2) is 0 Å². The van der Waals surface area contributed by atoms with E-state index in [0.717, 1.165) is 4.90 Å². The number of thioether (sulfide) groups is 1. The van der Waals surface area contributed by atoms with E-state index in [1.807, 2.05) is 30.3 Å². The molecule has 0 aliphatic rings. The normalized spacial score (nSPS) is 12.1. The lowest BCUT2D eigenvalue weighted by Crippen LogP contribution is -1.92. The Hall–Kier alpha value is -0.540. The van der Waals surface area contributed by atoms with Crippen LogP contribution in [0.15, 0.2) is 46.5 Å². The average molecular weight is 272 g/mol. The molecule has 0 aliphatic carbocycles. The van der Waals surface area contributed by atoms with Gasteiger partial charge in [-0.2, -0.15) is 0 Å². The Balaban J connectivity index is 2.58. The molecule has 0 atom stereocenters. The first kappa shape index (κ1) is 14.5. The molecular weight excluding hydrogens is 255 g/mol. The van der Waals surface area contributed by atoms with Crippen LogP contribution in [0.1, 0.15) is 13.8 Å². The van der Waals surface area contributed by atoms with Crippen molar-refractivity contribution in [2.45, 2.75) is 18.7 Å². The smallest absolute Gasteiger partial charge is 0.306 e. The van der Waals surface area contributed by atoms with Crippen LogP contribution < -0.4 is 0 Å². The summed E-state index contributed by atoms with van der Waals surface area (Å²) in [5.74, 6) is 1.51. The molecule has 0 aromatic heterocycles. The Morgan fingerprint density at radius 2 is 1.76 bits per heavy atom. The second kappa shape index (κ2) is 7.72. The van der Waals surface area contributed by atoms with Gasteiger partial charge in [-0.15, -0.1) is 0 Å². The van der Waals surface area contributed by atoms with Crippen LogP contribution in [0.4, 0.5) is 0 Å². The third kappa shape index (κ3) is 5.55. The van der Waals surface area contributed by atoms with Gasteiger partial charge < -0.3 is 9.05 Å². The Kier molecular flexibility index (Phi) is 6.60. The second-order valence-electron chi connectivity index (χ2n) is 3.09. The van der Waals surface area contributed by atoms with E-state index < -0.39 is 7.60 Å². The summed E-state index contributed by atoms with van der Waals surface area (Å²) in [5.41, 5.74) is 0. The first-order valence-electron chi connectivity index (χ1n) is 5.48. The third-order valence-corrected chi connectivity index (χ3v) is 4.58. The van der Waals surface area contributed by atoms with E-state index in [0.29, 0.717) is 13.2 Å². The Labute approximate surface area is 107 Å². The van der Waals surface area contributed by atoms with Crippen LogP contribution >= 0.6 is 19.4 Å². The minimum absolute atomic E-state index is 0.373. The number of hydrogen-bond acceptors (Lipinski definition) is 4. The third-order valence-electron chi connectivity index (χ3n) is 1.81. The summed E-state index contributed by atoms with van der Waals surface area (Å²) in [4.78, 5) is 1.09. The highest BCUT2D eigenvalue weighted by molar-refractivity contribution is 8.02. The summed E-state index contributed by atoms with van der Waals surface area (Å²) in [6.07, 6.45) is 0. The predicted octanol–water partition coefficient (Wildman–Crippen LogP) is 4.52. The van der Waals surface area contributed by atoms with Crippen molar-refractivity contribution in [2.24, 2.45) is 0 Å². The molecule has 0 N–H and O–H groups in total. The molecule has 0 bridgehead atoms. The first-order valence-corrected chi connectivity index (χ1v) is 7.97. The summed E-state index contributed by atoms with van der Waals surface area (Å²) < 4.78 is 22.3. The van der Waals surface area contributed by atoms with Crippen molar-refractivity contribution in [1.82, 2.24) is 0 Å². The number of hydrogen-bond donors (Lipinski definition) is 0. The average Bonchev–Trinajstić information content (AvgIpc) is 2.31. The van der Waals surface area contributed by atoms with Crippen molar-refractivity contribution in [3.63, 3.8) is 0 Å². The zero-order valence-electron chi connectivity index (χ0n) is 10.0. The van der Waals surface area contributed by atoms with Gasteiger partial charge in [0, 0.05) is 10.7 Å². The highest BCUT2D eigenvalue weighted by Crippen LogP contribution is 2.50. The van der Waals surface area contributed by atoms with Crippen LogP contribution in [-0.4, -0.2) is 13.2 Å². The number of rotatable bonds is 7. The molecule has 0 unspecified atom stereocenters. The van der Waals surface area contributed by atoms with Crippen LogP contribution in [0.3, 0.4) is 0 Å². The summed E-state index contributed by atoms with van der Waals surface area (Å²) in [7, 11) is -3.06. The zero-order chi connectivity index (χ0) is 12.6. The number of benzene rings is 1. The molecule has 0 saturated heterocycles. The van der Waals surface area contributed by atoms with Crippen LogP contribution in [0.5, 0.6) is 0 Å². The SMILES string of the molecule is CCOP(=O)(/C=C/Sc1ccccc1)OCC. The van der Waals surface area contributed by atoms with E-state index in [2.05, 4.69) is 0 Å². The van der Waals surface area contributed by atoms with Crippen molar-refractivity contribution in [3.8, 4) is 0 Å². The molecule has 17 heavy (non-hydrogen) atoms. The first-order chi connectivity index (χ1) is 8.20. The maximum Gasteiger partial charge on any atom is 0.354 e. The van der Waals surface area contributed by atoms with Gasteiger partial charge in [0.15, 0.2) is 0 Å². The second-order valence-corrected chi connectivity index (χ2v) is 5.96. The fourth-order valence-electron chi connectivity index (χ4n) is 1.17. The van der Waals surface area contributed by atoms with Gasteiger partial charge in [-0.1, -0.05) is 30.0 Å². The van der Waals surface area contributed by atoms with Crippen LogP contribution in [-0.2, 0) is 13.6 Å². The summed E-state index contributed by atoms with van der Waals surface area (Å²) in [6, 6.07) is 9.85. The molecule has 0 radical (unpaired) electrons. The summed E-state index contributed by atoms with van der Waals surface area (Å²) in [5, 5.41) is 1.75. The van der Waals surface area contributed by atoms with Gasteiger partial charge in [0.05, 0.1) is 13.2 Å². The molecular formula is C12H17O3PS. The highest BCUT2D eigenvalue weighted by atomic mass is 32.2. The molecule has 0 heterocycles. The summed E-state index contributed by atoms with van der Waals surface area (Å²) in [6.45, 7) is 4.34. The maximum absolute atomic E-state index is 12.1. The standard InChI is InChI=1S/C12H17O3PS/c1-3-14-16(13,15-4-2)10-11-17-12-8-6-5-7-9-12/h5-11H,3-4H2,1-2H3/b11-10+. The maximum atomic E-state index is 12.1. The van der Waals surface area contributed by atoms with Crippen molar-refractivity contribution >= 4 is 19.4 Å². The van der Waals surface area contributed by atoms with E-state index in [1.165, 1.54) is 17.6 Å². The van der Waals surface area contributed by atoms with E-state index in [-0.39, 0.29) is 0 Å². The molecule has 1 aromatic carbocycles.